The van der Waals surface area contributed by atoms with E-state index >= 15 is 0 Å². The largest absolute Gasteiger partial charge is 0.495 e. The summed E-state index contributed by atoms with van der Waals surface area (Å²) in [5.74, 6) is -0.713. The summed E-state index contributed by atoms with van der Waals surface area (Å²) in [6.07, 6.45) is 5.34. The number of rotatable bonds is 9. The number of hydrogen-bond donors (Lipinski definition) is 2. The van der Waals surface area contributed by atoms with E-state index in [0.29, 0.717) is 17.0 Å². The third-order valence-corrected chi connectivity index (χ3v) is 6.45. The van der Waals surface area contributed by atoms with Crippen LogP contribution in [0.15, 0.2) is 71.3 Å². The standard InChI is InChI=1S/C28H31N3O5/c1-19-10-3-6-13-21(19)26(28(34)30-20-11-4-5-12-20)31(22-14-7-8-15-23(22)35-2)25(32)18-29-27(33)24-16-9-17-36-24/h3,6-10,13-17,20,26H,4-5,11-12,18H2,1-2H3,(H,29,33)(H,30,34)/t26-/m1/s1. The number of aryl methyl sites for hydroxylation is 1. The molecular weight excluding hydrogens is 458 g/mol. The molecular formula is C28H31N3O5. The lowest BCUT2D eigenvalue weighted by molar-refractivity contribution is -0.126. The van der Waals surface area contributed by atoms with Gasteiger partial charge in [-0.1, -0.05) is 49.2 Å². The van der Waals surface area contributed by atoms with Crippen LogP contribution in [0.2, 0.25) is 0 Å². The second-order valence-electron chi connectivity index (χ2n) is 8.84. The molecule has 1 aliphatic rings. The van der Waals surface area contributed by atoms with E-state index in [4.69, 9.17) is 9.15 Å². The maximum absolute atomic E-state index is 13.8. The van der Waals surface area contributed by atoms with Gasteiger partial charge in [-0.15, -0.1) is 0 Å². The van der Waals surface area contributed by atoms with Crippen LogP contribution in [0.4, 0.5) is 5.69 Å². The molecule has 1 atom stereocenters. The first-order valence-electron chi connectivity index (χ1n) is 12.1. The fourth-order valence-corrected chi connectivity index (χ4v) is 4.62. The predicted molar refractivity (Wildman–Crippen MR) is 136 cm³/mol. The van der Waals surface area contributed by atoms with Crippen molar-refractivity contribution in [2.45, 2.75) is 44.7 Å². The van der Waals surface area contributed by atoms with Crippen LogP contribution in [0.1, 0.15) is 53.4 Å². The molecule has 3 aromatic rings. The van der Waals surface area contributed by atoms with Gasteiger partial charge in [-0.05, 0) is 55.2 Å². The summed E-state index contributed by atoms with van der Waals surface area (Å²) < 4.78 is 10.7. The number of nitrogens with one attached hydrogen (secondary N) is 2. The van der Waals surface area contributed by atoms with Crippen LogP contribution in [-0.2, 0) is 9.59 Å². The van der Waals surface area contributed by atoms with Gasteiger partial charge < -0.3 is 19.8 Å². The number of ether oxygens (including phenoxy) is 1. The number of carbonyl (C=O) groups excluding carboxylic acids is 3. The number of carbonyl (C=O) groups is 3. The Morgan fingerprint density at radius 2 is 1.75 bits per heavy atom. The molecule has 0 bridgehead atoms. The number of nitrogens with zero attached hydrogens (tertiary/aromatic N) is 1. The maximum atomic E-state index is 13.8. The summed E-state index contributed by atoms with van der Waals surface area (Å²) in [7, 11) is 1.52. The molecule has 0 radical (unpaired) electrons. The van der Waals surface area contributed by atoms with Crippen molar-refractivity contribution in [3.05, 3.63) is 83.8 Å². The molecule has 2 N–H and O–H groups in total. The minimum absolute atomic E-state index is 0.0669. The van der Waals surface area contributed by atoms with Crippen LogP contribution >= 0.6 is 0 Å². The third kappa shape index (κ3) is 5.59. The lowest BCUT2D eigenvalue weighted by atomic mass is 9.97. The Hall–Kier alpha value is -4.07. The highest BCUT2D eigenvalue weighted by Gasteiger charge is 2.36. The number of hydrogen-bond acceptors (Lipinski definition) is 5. The zero-order chi connectivity index (χ0) is 25.5. The fraction of sp³-hybridized carbons (Fsp3) is 0.321. The Balaban J connectivity index is 1.73. The van der Waals surface area contributed by atoms with Gasteiger partial charge in [0.2, 0.25) is 11.8 Å². The first-order chi connectivity index (χ1) is 17.5. The predicted octanol–water partition coefficient (Wildman–Crippen LogP) is 4.16. The summed E-state index contributed by atoms with van der Waals surface area (Å²) in [4.78, 5) is 41.5. The Labute approximate surface area is 210 Å². The zero-order valence-corrected chi connectivity index (χ0v) is 20.5. The number of methoxy groups -OCH3 is 1. The molecule has 2 aromatic carbocycles. The monoisotopic (exact) mass is 489 g/mol. The van der Waals surface area contributed by atoms with Crippen molar-refractivity contribution < 1.29 is 23.5 Å². The topological polar surface area (TPSA) is 101 Å². The van der Waals surface area contributed by atoms with E-state index in [2.05, 4.69) is 10.6 Å². The molecule has 0 aliphatic heterocycles. The van der Waals surface area contributed by atoms with Crippen LogP contribution in [0.3, 0.4) is 0 Å². The Morgan fingerprint density at radius 3 is 2.44 bits per heavy atom. The highest BCUT2D eigenvalue weighted by atomic mass is 16.5. The summed E-state index contributed by atoms with van der Waals surface area (Å²) in [5.41, 5.74) is 2.01. The molecule has 1 saturated carbocycles. The number of furan rings is 1. The van der Waals surface area contributed by atoms with E-state index < -0.39 is 17.9 Å². The number of benzene rings is 2. The average molecular weight is 490 g/mol. The van der Waals surface area contributed by atoms with Crippen LogP contribution in [0, 0.1) is 6.92 Å². The van der Waals surface area contributed by atoms with Crippen molar-refractivity contribution in [2.75, 3.05) is 18.6 Å². The first-order valence-corrected chi connectivity index (χ1v) is 12.1. The average Bonchev–Trinajstić information content (AvgIpc) is 3.61. The quantitative estimate of drug-likeness (QED) is 0.470. The van der Waals surface area contributed by atoms with Crippen LogP contribution in [-0.4, -0.2) is 37.4 Å². The molecule has 188 valence electrons. The lowest BCUT2D eigenvalue weighted by Gasteiger charge is -2.34. The van der Waals surface area contributed by atoms with E-state index in [-0.39, 0.29) is 24.3 Å². The van der Waals surface area contributed by atoms with E-state index in [1.54, 1.807) is 30.3 Å². The van der Waals surface area contributed by atoms with E-state index in [0.717, 1.165) is 31.2 Å². The Bertz CT molecular complexity index is 1200. The van der Waals surface area contributed by atoms with Crippen molar-refractivity contribution in [1.82, 2.24) is 10.6 Å². The van der Waals surface area contributed by atoms with Gasteiger partial charge in [0.1, 0.15) is 11.8 Å². The summed E-state index contributed by atoms with van der Waals surface area (Å²) >= 11 is 0. The minimum atomic E-state index is -0.962. The van der Waals surface area contributed by atoms with Gasteiger partial charge in [0.25, 0.3) is 5.91 Å². The molecule has 3 amide bonds. The molecule has 1 aliphatic carbocycles. The number of para-hydroxylation sites is 2. The van der Waals surface area contributed by atoms with Gasteiger partial charge in [-0.25, -0.2) is 0 Å². The van der Waals surface area contributed by atoms with Gasteiger partial charge in [0.05, 0.1) is 25.6 Å². The number of anilines is 1. The van der Waals surface area contributed by atoms with Crippen molar-refractivity contribution in [3.8, 4) is 5.75 Å². The Morgan fingerprint density at radius 1 is 1.03 bits per heavy atom. The maximum Gasteiger partial charge on any atom is 0.287 e. The van der Waals surface area contributed by atoms with Gasteiger partial charge in [0, 0.05) is 6.04 Å². The second kappa shape index (κ2) is 11.6. The molecule has 0 saturated heterocycles. The van der Waals surface area contributed by atoms with E-state index in [1.165, 1.54) is 24.3 Å². The van der Waals surface area contributed by atoms with Gasteiger partial charge >= 0.3 is 0 Å². The molecule has 1 heterocycles. The van der Waals surface area contributed by atoms with Crippen molar-refractivity contribution in [3.63, 3.8) is 0 Å². The molecule has 1 aromatic heterocycles. The minimum Gasteiger partial charge on any atom is -0.495 e. The zero-order valence-electron chi connectivity index (χ0n) is 20.5. The highest BCUT2D eigenvalue weighted by Crippen LogP contribution is 2.36. The summed E-state index contributed by atoms with van der Waals surface area (Å²) in [6.45, 7) is 1.57. The van der Waals surface area contributed by atoms with E-state index in [9.17, 15) is 14.4 Å². The SMILES string of the molecule is COc1ccccc1N(C(=O)CNC(=O)c1ccco1)[C@@H](C(=O)NC1CCCC1)c1ccccc1C. The fourth-order valence-electron chi connectivity index (χ4n) is 4.62. The molecule has 0 spiro atoms. The smallest absolute Gasteiger partial charge is 0.287 e. The number of amides is 3. The molecule has 4 rings (SSSR count). The summed E-state index contributed by atoms with van der Waals surface area (Å²) in [5, 5.41) is 5.77. The van der Waals surface area contributed by atoms with Crippen molar-refractivity contribution in [2.24, 2.45) is 0 Å². The lowest BCUT2D eigenvalue weighted by Crippen LogP contribution is -2.49. The van der Waals surface area contributed by atoms with Crippen molar-refractivity contribution >= 4 is 23.4 Å². The van der Waals surface area contributed by atoms with Crippen molar-refractivity contribution in [1.29, 1.82) is 0 Å². The third-order valence-electron chi connectivity index (χ3n) is 6.45. The van der Waals surface area contributed by atoms with Gasteiger partial charge in [0.15, 0.2) is 5.76 Å². The highest BCUT2D eigenvalue weighted by molar-refractivity contribution is 6.05. The molecule has 8 nitrogen and oxygen atoms in total. The normalized spacial score (nSPS) is 14.2. The first kappa shape index (κ1) is 25.0. The molecule has 0 unspecified atom stereocenters. The Kier molecular flexibility index (Phi) is 8.05. The molecule has 8 heteroatoms. The van der Waals surface area contributed by atoms with Gasteiger partial charge in [-0.3, -0.25) is 19.3 Å². The van der Waals surface area contributed by atoms with E-state index in [1.807, 2.05) is 31.2 Å². The van der Waals surface area contributed by atoms with Crippen LogP contribution < -0.4 is 20.3 Å². The van der Waals surface area contributed by atoms with Crippen LogP contribution in [0.25, 0.3) is 0 Å². The van der Waals surface area contributed by atoms with Gasteiger partial charge in [-0.2, -0.15) is 0 Å². The second-order valence-corrected chi connectivity index (χ2v) is 8.84. The summed E-state index contributed by atoms with van der Waals surface area (Å²) in [6, 6.07) is 16.8. The molecule has 36 heavy (non-hydrogen) atoms. The van der Waals surface area contributed by atoms with Crippen LogP contribution in [0.5, 0.6) is 5.75 Å². The molecule has 1 fully saturated rings.